The molecule has 0 fully saturated rings. The molecule has 0 bridgehead atoms. The summed E-state index contributed by atoms with van der Waals surface area (Å²) in [6.45, 7) is 4.44. The zero-order valence-electron chi connectivity index (χ0n) is 17.4. The Morgan fingerprint density at radius 3 is 2.61 bits per heavy atom. The van der Waals surface area contributed by atoms with Gasteiger partial charge in [0.15, 0.2) is 5.75 Å². The Bertz CT molecular complexity index is 1260. The van der Waals surface area contributed by atoms with E-state index in [1.807, 2.05) is 29.1 Å². The third-order valence-electron chi connectivity index (χ3n) is 4.17. The van der Waals surface area contributed by atoms with Crippen molar-refractivity contribution in [3.63, 3.8) is 0 Å². The summed E-state index contributed by atoms with van der Waals surface area (Å²) >= 11 is 6.89. The van der Waals surface area contributed by atoms with Crippen molar-refractivity contribution in [1.29, 1.82) is 5.26 Å². The van der Waals surface area contributed by atoms with E-state index in [-0.39, 0.29) is 6.61 Å². The average Bonchev–Trinajstić information content (AvgIpc) is 3.21. The summed E-state index contributed by atoms with van der Waals surface area (Å²) < 4.78 is 13.7. The lowest BCUT2D eigenvalue weighted by Crippen LogP contribution is -2.36. The molecular weight excluding hydrogens is 562 g/mol. The maximum Gasteiger partial charge on any atom is 0.414 e. The van der Waals surface area contributed by atoms with Crippen LogP contribution in [-0.4, -0.2) is 38.9 Å². The van der Waals surface area contributed by atoms with E-state index >= 15 is 0 Å². The second-order valence-electron chi connectivity index (χ2n) is 6.25. The summed E-state index contributed by atoms with van der Waals surface area (Å²) in [5, 5.41) is 15.6. The number of halogens is 2. The normalized spacial score (nSPS) is 11.1. The lowest BCUT2D eigenvalue weighted by atomic mass is 10.3. The predicted octanol–water partition coefficient (Wildman–Crippen LogP) is 4.33. The fourth-order valence-electron chi connectivity index (χ4n) is 2.70. The minimum Gasteiger partial charge on any atom is -0.450 e. The molecule has 0 unspecified atom stereocenters. The number of hydrazone groups is 1. The van der Waals surface area contributed by atoms with Crippen LogP contribution in [-0.2, 0) is 16.1 Å². The molecule has 2 heterocycles. The van der Waals surface area contributed by atoms with Gasteiger partial charge in [0.1, 0.15) is 18.0 Å². The SMILES string of the molecule is CCOC(=O)NC(=O)C(C#N)=NNc1cc(Br)c(Oc2ncnc3c2ccn3CC)c(Br)c1. The van der Waals surface area contributed by atoms with Crippen LogP contribution in [0.1, 0.15) is 13.8 Å². The van der Waals surface area contributed by atoms with E-state index in [2.05, 4.69) is 57.1 Å². The van der Waals surface area contributed by atoms with E-state index in [9.17, 15) is 9.59 Å². The van der Waals surface area contributed by atoms with Crippen molar-refractivity contribution in [3.05, 3.63) is 39.7 Å². The number of fused-ring (bicyclic) bond motifs is 1. The highest BCUT2D eigenvalue weighted by atomic mass is 79.9. The van der Waals surface area contributed by atoms with Crippen LogP contribution in [0.4, 0.5) is 10.5 Å². The van der Waals surface area contributed by atoms with Gasteiger partial charge in [0, 0.05) is 12.7 Å². The predicted molar refractivity (Wildman–Crippen MR) is 127 cm³/mol. The lowest BCUT2D eigenvalue weighted by Gasteiger charge is -2.12. The Balaban J connectivity index is 1.80. The van der Waals surface area contributed by atoms with Crippen molar-refractivity contribution in [1.82, 2.24) is 19.9 Å². The van der Waals surface area contributed by atoms with Crippen LogP contribution < -0.4 is 15.5 Å². The molecule has 0 saturated heterocycles. The number of benzene rings is 1. The third kappa shape index (κ3) is 5.65. The number of amides is 2. The van der Waals surface area contributed by atoms with Gasteiger partial charge in [-0.05, 0) is 63.9 Å². The molecule has 170 valence electrons. The van der Waals surface area contributed by atoms with Crippen molar-refractivity contribution >= 4 is 66.3 Å². The van der Waals surface area contributed by atoms with Crippen LogP contribution in [0.5, 0.6) is 11.6 Å². The van der Waals surface area contributed by atoms with E-state index in [4.69, 9.17) is 10.00 Å². The van der Waals surface area contributed by atoms with Crippen LogP contribution in [0, 0.1) is 11.3 Å². The molecule has 0 aliphatic rings. The van der Waals surface area contributed by atoms with Gasteiger partial charge in [-0.15, -0.1) is 0 Å². The van der Waals surface area contributed by atoms with Gasteiger partial charge in [0.05, 0.1) is 26.6 Å². The molecule has 0 saturated carbocycles. The number of aromatic nitrogens is 3. The van der Waals surface area contributed by atoms with Crippen molar-refractivity contribution < 1.29 is 19.1 Å². The number of imide groups is 1. The van der Waals surface area contributed by atoms with E-state index < -0.39 is 17.7 Å². The smallest absolute Gasteiger partial charge is 0.414 e. The molecule has 0 atom stereocenters. The zero-order valence-corrected chi connectivity index (χ0v) is 20.6. The van der Waals surface area contributed by atoms with Gasteiger partial charge in [-0.25, -0.2) is 14.8 Å². The second-order valence-corrected chi connectivity index (χ2v) is 7.96. The Hall–Kier alpha value is -3.50. The standard InChI is InChI=1S/C20H17Br2N7O4/c1-3-29-6-5-12-17(29)24-10-25-19(12)33-16-13(21)7-11(8-14(16)22)27-28-15(9-23)18(30)26-20(31)32-4-2/h5-8,10,27H,3-4H2,1-2H3,(H,26,30,31). The first-order chi connectivity index (χ1) is 15.9. The van der Waals surface area contributed by atoms with Crippen molar-refractivity contribution in [3.8, 4) is 17.7 Å². The molecule has 13 heteroatoms. The fraction of sp³-hybridized carbons (Fsp3) is 0.200. The minimum atomic E-state index is -0.992. The highest BCUT2D eigenvalue weighted by Gasteiger charge is 2.17. The molecule has 3 rings (SSSR count). The highest BCUT2D eigenvalue weighted by molar-refractivity contribution is 9.11. The number of aryl methyl sites for hydroxylation is 1. The van der Waals surface area contributed by atoms with Crippen LogP contribution in [0.3, 0.4) is 0 Å². The van der Waals surface area contributed by atoms with Crippen molar-refractivity contribution in [2.24, 2.45) is 5.10 Å². The first kappa shape index (κ1) is 24.1. The third-order valence-corrected chi connectivity index (χ3v) is 5.34. The number of hydrogen-bond donors (Lipinski definition) is 2. The van der Waals surface area contributed by atoms with Crippen molar-refractivity contribution in [2.45, 2.75) is 20.4 Å². The molecular formula is C20H17Br2N7O4. The largest absolute Gasteiger partial charge is 0.450 e. The van der Waals surface area contributed by atoms with E-state index in [0.29, 0.717) is 26.3 Å². The summed E-state index contributed by atoms with van der Waals surface area (Å²) in [7, 11) is 0. The second kappa shape index (κ2) is 10.9. The summed E-state index contributed by atoms with van der Waals surface area (Å²) in [6.07, 6.45) is 2.37. The lowest BCUT2D eigenvalue weighted by molar-refractivity contribution is -0.114. The number of alkyl carbamates (subject to hydrolysis) is 1. The molecule has 0 aliphatic carbocycles. The average molecular weight is 579 g/mol. The Kier molecular flexibility index (Phi) is 7.96. The van der Waals surface area contributed by atoms with Crippen LogP contribution in [0.15, 0.2) is 44.8 Å². The molecule has 1 aromatic carbocycles. The molecule has 2 N–H and O–H groups in total. The molecule has 2 amide bonds. The monoisotopic (exact) mass is 577 g/mol. The molecule has 33 heavy (non-hydrogen) atoms. The number of nitrogens with zero attached hydrogens (tertiary/aromatic N) is 5. The van der Waals surface area contributed by atoms with Gasteiger partial charge in [-0.2, -0.15) is 10.4 Å². The van der Waals surface area contributed by atoms with Gasteiger partial charge >= 0.3 is 6.09 Å². The van der Waals surface area contributed by atoms with E-state index in [0.717, 1.165) is 17.6 Å². The number of hydrogen-bond acceptors (Lipinski definition) is 9. The molecule has 0 spiro atoms. The molecule has 2 aromatic heterocycles. The van der Waals surface area contributed by atoms with Crippen LogP contribution in [0.25, 0.3) is 11.0 Å². The minimum absolute atomic E-state index is 0.0812. The molecule has 0 radical (unpaired) electrons. The number of nitrogens with one attached hydrogen (secondary N) is 2. The Labute approximate surface area is 205 Å². The molecule has 0 aliphatic heterocycles. The van der Waals surface area contributed by atoms with Crippen molar-refractivity contribution in [2.75, 3.05) is 12.0 Å². The topological polar surface area (TPSA) is 144 Å². The van der Waals surface area contributed by atoms with Gasteiger partial charge in [0.2, 0.25) is 11.6 Å². The summed E-state index contributed by atoms with van der Waals surface area (Å²) in [5.74, 6) is -0.155. The maximum atomic E-state index is 11.9. The van der Waals surface area contributed by atoms with Crippen LogP contribution in [0.2, 0.25) is 0 Å². The molecule has 3 aromatic rings. The van der Waals surface area contributed by atoms with E-state index in [1.165, 1.54) is 6.33 Å². The maximum absolute atomic E-state index is 11.9. The zero-order chi connectivity index (χ0) is 24.0. The summed E-state index contributed by atoms with van der Waals surface area (Å²) in [6, 6.07) is 6.77. The highest BCUT2D eigenvalue weighted by Crippen LogP contribution is 2.40. The first-order valence-electron chi connectivity index (χ1n) is 9.56. The van der Waals surface area contributed by atoms with Crippen LogP contribution >= 0.6 is 31.9 Å². The first-order valence-corrected chi connectivity index (χ1v) is 11.1. The van der Waals surface area contributed by atoms with Gasteiger partial charge in [-0.3, -0.25) is 15.5 Å². The molecule has 11 nitrogen and oxygen atoms in total. The fourth-order valence-corrected chi connectivity index (χ4v) is 4.05. The number of ether oxygens (including phenoxy) is 2. The quantitative estimate of drug-likeness (QED) is 0.311. The summed E-state index contributed by atoms with van der Waals surface area (Å²) in [4.78, 5) is 31.8. The summed E-state index contributed by atoms with van der Waals surface area (Å²) in [5.41, 5.74) is 3.24. The van der Waals surface area contributed by atoms with E-state index in [1.54, 1.807) is 25.1 Å². The number of carbonyl (C=O) groups is 2. The number of rotatable bonds is 7. The Morgan fingerprint density at radius 1 is 1.24 bits per heavy atom. The van der Waals surface area contributed by atoms with Gasteiger partial charge in [-0.1, -0.05) is 0 Å². The Morgan fingerprint density at radius 2 is 1.97 bits per heavy atom. The number of anilines is 1. The van der Waals surface area contributed by atoms with Gasteiger partial charge < -0.3 is 14.0 Å². The number of carbonyl (C=O) groups excluding carboxylic acids is 2. The number of nitriles is 1. The van der Waals surface area contributed by atoms with Gasteiger partial charge in [0.25, 0.3) is 5.91 Å².